The number of hydrogen-bond donors (Lipinski definition) is 2. The van der Waals surface area contributed by atoms with Crippen LogP contribution in [0.25, 0.3) is 0 Å². The Labute approximate surface area is 144 Å². The predicted molar refractivity (Wildman–Crippen MR) is 97.5 cm³/mol. The first-order valence-corrected chi connectivity index (χ1v) is 8.47. The van der Waals surface area contributed by atoms with E-state index in [4.69, 9.17) is 21.7 Å². The van der Waals surface area contributed by atoms with Crippen molar-refractivity contribution in [1.29, 1.82) is 0 Å². The van der Waals surface area contributed by atoms with Crippen LogP contribution in [0.2, 0.25) is 0 Å². The van der Waals surface area contributed by atoms with Crippen LogP contribution in [-0.4, -0.2) is 57.0 Å². The Morgan fingerprint density at radius 1 is 1.22 bits per heavy atom. The molecule has 2 N–H and O–H groups in total. The fourth-order valence-electron chi connectivity index (χ4n) is 2.75. The summed E-state index contributed by atoms with van der Waals surface area (Å²) in [5.74, 6) is 1.51. The van der Waals surface area contributed by atoms with E-state index in [1.54, 1.807) is 14.2 Å². The van der Waals surface area contributed by atoms with Crippen LogP contribution in [-0.2, 0) is 6.42 Å². The van der Waals surface area contributed by atoms with Gasteiger partial charge in [-0.1, -0.05) is 6.07 Å². The van der Waals surface area contributed by atoms with Crippen molar-refractivity contribution in [3.8, 4) is 11.5 Å². The van der Waals surface area contributed by atoms with Gasteiger partial charge in [0.1, 0.15) is 0 Å². The van der Waals surface area contributed by atoms with E-state index in [0.29, 0.717) is 6.04 Å². The zero-order chi connectivity index (χ0) is 16.7. The molecule has 0 spiro atoms. The summed E-state index contributed by atoms with van der Waals surface area (Å²) in [7, 11) is 5.46. The molecule has 1 fully saturated rings. The second kappa shape index (κ2) is 8.93. The average Bonchev–Trinajstić information content (AvgIpc) is 2.56. The first-order valence-electron chi connectivity index (χ1n) is 8.06. The first-order chi connectivity index (χ1) is 11.1. The lowest BCUT2D eigenvalue weighted by Crippen LogP contribution is -2.47. The Hall–Kier alpha value is -1.53. The summed E-state index contributed by atoms with van der Waals surface area (Å²) < 4.78 is 10.6. The van der Waals surface area contributed by atoms with Gasteiger partial charge in [0.25, 0.3) is 0 Å². The Bertz CT molecular complexity index is 517. The van der Waals surface area contributed by atoms with Crippen molar-refractivity contribution in [2.24, 2.45) is 0 Å². The van der Waals surface area contributed by atoms with Gasteiger partial charge in [0.15, 0.2) is 16.6 Å². The normalized spacial score (nSPS) is 16.0. The Kier molecular flexibility index (Phi) is 6.92. The largest absolute Gasteiger partial charge is 0.493 e. The summed E-state index contributed by atoms with van der Waals surface area (Å²) in [6.45, 7) is 3.06. The molecule has 0 saturated carbocycles. The molecule has 0 atom stereocenters. The topological polar surface area (TPSA) is 45.8 Å². The molecule has 6 heteroatoms. The summed E-state index contributed by atoms with van der Waals surface area (Å²) in [4.78, 5) is 2.35. The molecule has 0 unspecified atom stereocenters. The maximum atomic E-state index is 5.39. The second-order valence-corrected chi connectivity index (χ2v) is 6.33. The molecular weight excluding hydrogens is 310 g/mol. The molecular formula is C17H27N3O2S. The third-order valence-electron chi connectivity index (χ3n) is 4.20. The lowest BCUT2D eigenvalue weighted by molar-refractivity contribution is 0.246. The SMILES string of the molecule is COc1ccc(CCNC(=S)NC2CCN(C)CC2)cc1OC. The van der Waals surface area contributed by atoms with Crippen molar-refractivity contribution in [2.45, 2.75) is 25.3 Å². The van der Waals surface area contributed by atoms with Gasteiger partial charge in [-0.15, -0.1) is 0 Å². The van der Waals surface area contributed by atoms with E-state index in [9.17, 15) is 0 Å². The van der Waals surface area contributed by atoms with Crippen LogP contribution in [0, 0.1) is 0 Å². The highest BCUT2D eigenvalue weighted by molar-refractivity contribution is 7.80. The van der Waals surface area contributed by atoms with E-state index in [2.05, 4.69) is 28.6 Å². The highest BCUT2D eigenvalue weighted by Crippen LogP contribution is 2.27. The molecule has 2 rings (SSSR count). The van der Waals surface area contributed by atoms with Gasteiger partial charge in [0.05, 0.1) is 14.2 Å². The molecule has 1 aliphatic heterocycles. The summed E-state index contributed by atoms with van der Waals surface area (Å²) in [6.07, 6.45) is 3.18. The average molecular weight is 337 g/mol. The number of rotatable bonds is 6. The number of likely N-dealkylation sites (tertiary alicyclic amines) is 1. The summed E-state index contributed by atoms with van der Waals surface area (Å²) in [5.41, 5.74) is 1.19. The van der Waals surface area contributed by atoms with E-state index in [1.807, 2.05) is 12.1 Å². The third-order valence-corrected chi connectivity index (χ3v) is 4.46. The molecule has 0 aromatic heterocycles. The van der Waals surface area contributed by atoms with Gasteiger partial charge in [-0.2, -0.15) is 0 Å². The number of benzene rings is 1. The van der Waals surface area contributed by atoms with Crippen molar-refractivity contribution in [2.75, 3.05) is 40.9 Å². The fourth-order valence-corrected chi connectivity index (χ4v) is 3.01. The first kappa shape index (κ1) is 17.8. The number of ether oxygens (including phenoxy) is 2. The van der Waals surface area contributed by atoms with Crippen molar-refractivity contribution in [3.05, 3.63) is 23.8 Å². The molecule has 5 nitrogen and oxygen atoms in total. The van der Waals surface area contributed by atoms with Crippen molar-refractivity contribution < 1.29 is 9.47 Å². The number of piperidine rings is 1. The van der Waals surface area contributed by atoms with Crippen LogP contribution >= 0.6 is 12.2 Å². The minimum Gasteiger partial charge on any atom is -0.493 e. The Balaban J connectivity index is 1.73. The highest BCUT2D eigenvalue weighted by Gasteiger charge is 2.16. The lowest BCUT2D eigenvalue weighted by Gasteiger charge is -2.30. The molecule has 1 saturated heterocycles. The van der Waals surface area contributed by atoms with E-state index in [-0.39, 0.29) is 0 Å². The number of nitrogens with zero attached hydrogens (tertiary/aromatic N) is 1. The second-order valence-electron chi connectivity index (χ2n) is 5.92. The molecule has 128 valence electrons. The molecule has 1 heterocycles. The maximum Gasteiger partial charge on any atom is 0.166 e. The molecule has 0 radical (unpaired) electrons. The lowest BCUT2D eigenvalue weighted by atomic mass is 10.1. The third kappa shape index (κ3) is 5.55. The molecule has 1 aromatic carbocycles. The number of thiocarbonyl (C=S) groups is 1. The van der Waals surface area contributed by atoms with Crippen LogP contribution < -0.4 is 20.1 Å². The smallest absolute Gasteiger partial charge is 0.166 e. The number of hydrogen-bond acceptors (Lipinski definition) is 4. The minimum absolute atomic E-state index is 0.493. The van der Waals surface area contributed by atoms with Crippen molar-refractivity contribution >= 4 is 17.3 Å². The summed E-state index contributed by atoms with van der Waals surface area (Å²) in [5, 5.41) is 7.46. The van der Waals surface area contributed by atoms with Crippen LogP contribution in [0.15, 0.2) is 18.2 Å². The zero-order valence-corrected chi connectivity index (χ0v) is 15.0. The van der Waals surface area contributed by atoms with Gasteiger partial charge in [-0.25, -0.2) is 0 Å². The van der Waals surface area contributed by atoms with E-state index < -0.39 is 0 Å². The summed E-state index contributed by atoms with van der Waals surface area (Å²) in [6, 6.07) is 6.49. The van der Waals surface area contributed by atoms with Crippen LogP contribution in [0.3, 0.4) is 0 Å². The van der Waals surface area contributed by atoms with Gasteiger partial charge in [0.2, 0.25) is 0 Å². The van der Waals surface area contributed by atoms with Crippen LogP contribution in [0.1, 0.15) is 18.4 Å². The Morgan fingerprint density at radius 3 is 2.57 bits per heavy atom. The van der Waals surface area contributed by atoms with E-state index >= 15 is 0 Å². The van der Waals surface area contributed by atoms with Gasteiger partial charge < -0.3 is 25.0 Å². The molecule has 1 aromatic rings. The summed E-state index contributed by atoms with van der Waals surface area (Å²) >= 11 is 5.39. The van der Waals surface area contributed by atoms with Gasteiger partial charge in [-0.3, -0.25) is 0 Å². The Morgan fingerprint density at radius 2 is 1.91 bits per heavy atom. The number of methoxy groups -OCH3 is 2. The monoisotopic (exact) mass is 337 g/mol. The molecule has 1 aliphatic rings. The van der Waals surface area contributed by atoms with E-state index in [0.717, 1.165) is 55.5 Å². The highest BCUT2D eigenvalue weighted by atomic mass is 32.1. The van der Waals surface area contributed by atoms with Crippen LogP contribution in [0.4, 0.5) is 0 Å². The van der Waals surface area contributed by atoms with Gasteiger partial charge >= 0.3 is 0 Å². The molecule has 23 heavy (non-hydrogen) atoms. The molecule has 0 amide bonds. The minimum atomic E-state index is 0.493. The van der Waals surface area contributed by atoms with Gasteiger partial charge in [0, 0.05) is 12.6 Å². The fraction of sp³-hybridized carbons (Fsp3) is 0.588. The zero-order valence-electron chi connectivity index (χ0n) is 14.2. The quantitative estimate of drug-likeness (QED) is 0.772. The van der Waals surface area contributed by atoms with Gasteiger partial charge in [-0.05, 0) is 69.3 Å². The number of nitrogens with one attached hydrogen (secondary N) is 2. The van der Waals surface area contributed by atoms with E-state index in [1.165, 1.54) is 5.56 Å². The van der Waals surface area contributed by atoms with Crippen LogP contribution in [0.5, 0.6) is 11.5 Å². The predicted octanol–water partition coefficient (Wildman–Crippen LogP) is 1.80. The van der Waals surface area contributed by atoms with Crippen molar-refractivity contribution in [3.63, 3.8) is 0 Å². The standard InChI is InChI=1S/C17H27N3O2S/c1-20-10-7-14(8-11-20)19-17(23)18-9-6-13-4-5-15(21-2)16(12-13)22-3/h4-5,12,14H,6-11H2,1-3H3,(H2,18,19,23). The maximum absolute atomic E-state index is 5.39. The molecule has 0 bridgehead atoms. The van der Waals surface area contributed by atoms with Crippen molar-refractivity contribution in [1.82, 2.24) is 15.5 Å². The molecule has 0 aliphatic carbocycles.